The minimum Gasteiger partial charge on any atom is -0.353 e. The Labute approximate surface area is 118 Å². The van der Waals surface area contributed by atoms with Gasteiger partial charge < -0.3 is 19.3 Å². The van der Waals surface area contributed by atoms with E-state index < -0.39 is 0 Å². The highest BCUT2D eigenvalue weighted by molar-refractivity contribution is 5.79. The molecule has 0 spiro atoms. The molecule has 0 aliphatic carbocycles. The summed E-state index contributed by atoms with van der Waals surface area (Å²) in [5.41, 5.74) is 1.21. The highest BCUT2D eigenvalue weighted by Crippen LogP contribution is 2.04. The van der Waals surface area contributed by atoms with Gasteiger partial charge in [-0.2, -0.15) is 4.98 Å². The van der Waals surface area contributed by atoms with Crippen LogP contribution in [0.2, 0.25) is 0 Å². The van der Waals surface area contributed by atoms with Crippen molar-refractivity contribution in [2.45, 2.75) is 20.0 Å². The largest absolute Gasteiger partial charge is 0.353 e. The number of nitrogens with one attached hydrogen (secondary N) is 1. The second-order valence-electron chi connectivity index (χ2n) is 4.60. The van der Waals surface area contributed by atoms with Crippen molar-refractivity contribution in [1.82, 2.24) is 24.9 Å². The fourth-order valence-corrected chi connectivity index (χ4v) is 1.93. The Bertz CT molecular complexity index is 585. The molecule has 0 bridgehead atoms. The molecule has 2 heterocycles. The van der Waals surface area contributed by atoms with Crippen LogP contribution in [0.5, 0.6) is 0 Å². The Morgan fingerprint density at radius 3 is 2.90 bits per heavy atom. The molecule has 0 amide bonds. The third-order valence-electron chi connectivity index (χ3n) is 3.00. The van der Waals surface area contributed by atoms with Crippen molar-refractivity contribution in [3.05, 3.63) is 35.7 Å². The SMILES string of the molecule is CN=C(NCc1noc(C)n1)N(C)Cc1cccn1C. The Morgan fingerprint density at radius 2 is 2.35 bits per heavy atom. The maximum atomic E-state index is 4.93. The molecule has 0 radical (unpaired) electrons. The van der Waals surface area contributed by atoms with E-state index in [1.807, 2.05) is 31.3 Å². The lowest BCUT2D eigenvalue weighted by molar-refractivity contribution is 0.386. The lowest BCUT2D eigenvalue weighted by Crippen LogP contribution is -2.38. The van der Waals surface area contributed by atoms with Crippen LogP contribution in [0.1, 0.15) is 17.4 Å². The zero-order valence-electron chi connectivity index (χ0n) is 12.3. The molecule has 0 unspecified atom stereocenters. The smallest absolute Gasteiger partial charge is 0.223 e. The summed E-state index contributed by atoms with van der Waals surface area (Å²) in [5.74, 6) is 1.97. The summed E-state index contributed by atoms with van der Waals surface area (Å²) in [6, 6.07) is 4.12. The summed E-state index contributed by atoms with van der Waals surface area (Å²) in [5, 5.41) is 7.06. The van der Waals surface area contributed by atoms with E-state index in [-0.39, 0.29) is 0 Å². The van der Waals surface area contributed by atoms with Gasteiger partial charge >= 0.3 is 0 Å². The van der Waals surface area contributed by atoms with Gasteiger partial charge in [-0.25, -0.2) is 0 Å². The first-order valence-electron chi connectivity index (χ1n) is 6.41. The number of aromatic nitrogens is 3. The minimum atomic E-state index is 0.488. The van der Waals surface area contributed by atoms with Gasteiger partial charge in [-0.3, -0.25) is 4.99 Å². The molecule has 0 saturated heterocycles. The average molecular weight is 276 g/mol. The molecule has 0 aliphatic heterocycles. The highest BCUT2D eigenvalue weighted by atomic mass is 16.5. The van der Waals surface area contributed by atoms with Gasteiger partial charge in [0.15, 0.2) is 11.8 Å². The van der Waals surface area contributed by atoms with Gasteiger partial charge in [-0.1, -0.05) is 5.16 Å². The van der Waals surface area contributed by atoms with Crippen LogP contribution < -0.4 is 5.32 Å². The van der Waals surface area contributed by atoms with Crippen LogP contribution >= 0.6 is 0 Å². The number of hydrogen-bond acceptors (Lipinski definition) is 4. The molecule has 108 valence electrons. The Balaban J connectivity index is 1.93. The van der Waals surface area contributed by atoms with Gasteiger partial charge in [0, 0.05) is 40.0 Å². The second kappa shape index (κ2) is 6.23. The van der Waals surface area contributed by atoms with Crippen LogP contribution in [0.15, 0.2) is 27.8 Å². The summed E-state index contributed by atoms with van der Waals surface area (Å²) in [6.45, 7) is 3.03. The number of aliphatic imine (C=N–C) groups is 1. The van der Waals surface area contributed by atoms with Crippen molar-refractivity contribution >= 4 is 5.96 Å². The molecule has 7 heteroatoms. The molecule has 0 aromatic carbocycles. The second-order valence-corrected chi connectivity index (χ2v) is 4.60. The van der Waals surface area contributed by atoms with Gasteiger partial charge in [0.1, 0.15) is 0 Å². The molecule has 7 nitrogen and oxygen atoms in total. The van der Waals surface area contributed by atoms with Crippen molar-refractivity contribution in [3.63, 3.8) is 0 Å². The first-order chi connectivity index (χ1) is 9.60. The molecule has 0 saturated carbocycles. The van der Waals surface area contributed by atoms with Crippen LogP contribution in [0.4, 0.5) is 0 Å². The van der Waals surface area contributed by atoms with E-state index in [1.54, 1.807) is 14.0 Å². The van der Waals surface area contributed by atoms with Crippen molar-refractivity contribution < 1.29 is 4.52 Å². The monoisotopic (exact) mass is 276 g/mol. The van der Waals surface area contributed by atoms with Crippen molar-refractivity contribution in [3.8, 4) is 0 Å². The molecule has 2 rings (SSSR count). The zero-order chi connectivity index (χ0) is 14.5. The molecule has 1 N–H and O–H groups in total. The van der Waals surface area contributed by atoms with Crippen molar-refractivity contribution in [1.29, 1.82) is 0 Å². The maximum absolute atomic E-state index is 4.93. The minimum absolute atomic E-state index is 0.488. The van der Waals surface area contributed by atoms with Crippen molar-refractivity contribution in [2.24, 2.45) is 12.0 Å². The maximum Gasteiger partial charge on any atom is 0.223 e. The predicted octanol–water partition coefficient (Wildman–Crippen LogP) is 0.924. The van der Waals surface area contributed by atoms with Crippen LogP contribution in [-0.4, -0.2) is 39.7 Å². The number of hydrogen-bond donors (Lipinski definition) is 1. The molecule has 20 heavy (non-hydrogen) atoms. The van der Waals surface area contributed by atoms with E-state index in [1.165, 1.54) is 5.69 Å². The number of guanidine groups is 1. The van der Waals surface area contributed by atoms with Gasteiger partial charge in [0.2, 0.25) is 5.89 Å². The van der Waals surface area contributed by atoms with Crippen molar-refractivity contribution in [2.75, 3.05) is 14.1 Å². The molecular weight excluding hydrogens is 256 g/mol. The van der Waals surface area contributed by atoms with E-state index >= 15 is 0 Å². The fraction of sp³-hybridized carbons (Fsp3) is 0.462. The van der Waals surface area contributed by atoms with E-state index in [4.69, 9.17) is 4.52 Å². The molecule has 0 fully saturated rings. The molecule has 2 aromatic rings. The fourth-order valence-electron chi connectivity index (χ4n) is 1.93. The third-order valence-corrected chi connectivity index (χ3v) is 3.00. The van der Waals surface area contributed by atoms with Crippen LogP contribution in [0, 0.1) is 6.92 Å². The molecule has 0 aliphatic rings. The Kier molecular flexibility index (Phi) is 4.39. The summed E-state index contributed by atoms with van der Waals surface area (Å²) in [7, 11) is 5.77. The van der Waals surface area contributed by atoms with Crippen LogP contribution in [0.3, 0.4) is 0 Å². The first kappa shape index (κ1) is 14.1. The normalized spacial score (nSPS) is 11.7. The Hall–Kier alpha value is -2.31. The van der Waals surface area contributed by atoms with Gasteiger partial charge in [-0.15, -0.1) is 0 Å². The standard InChI is InChI=1S/C13H20N6O/c1-10-16-12(17-20-10)8-15-13(14-2)19(4)9-11-6-5-7-18(11)3/h5-7H,8-9H2,1-4H3,(H,14,15). The molecule has 2 aromatic heterocycles. The van der Waals surface area contributed by atoms with E-state index in [9.17, 15) is 0 Å². The number of nitrogens with zero attached hydrogens (tertiary/aromatic N) is 5. The lowest BCUT2D eigenvalue weighted by Gasteiger charge is -2.21. The third kappa shape index (κ3) is 3.37. The number of aryl methyl sites for hydroxylation is 2. The summed E-state index contributed by atoms with van der Waals surface area (Å²) in [6.07, 6.45) is 2.03. The first-order valence-corrected chi connectivity index (χ1v) is 6.41. The van der Waals surface area contributed by atoms with E-state index in [2.05, 4.69) is 31.1 Å². The zero-order valence-corrected chi connectivity index (χ0v) is 12.3. The summed E-state index contributed by atoms with van der Waals surface area (Å²) < 4.78 is 7.02. The quantitative estimate of drug-likeness (QED) is 0.664. The average Bonchev–Trinajstić information content (AvgIpc) is 3.00. The summed E-state index contributed by atoms with van der Waals surface area (Å²) in [4.78, 5) is 10.4. The molecule has 0 atom stereocenters. The Morgan fingerprint density at radius 1 is 1.55 bits per heavy atom. The summed E-state index contributed by atoms with van der Waals surface area (Å²) >= 11 is 0. The van der Waals surface area contributed by atoms with E-state index in [0.717, 1.165) is 12.5 Å². The van der Waals surface area contributed by atoms with Gasteiger partial charge in [-0.05, 0) is 12.1 Å². The van der Waals surface area contributed by atoms with Crippen LogP contribution in [0.25, 0.3) is 0 Å². The molecular formula is C13H20N6O. The highest BCUT2D eigenvalue weighted by Gasteiger charge is 2.09. The topological polar surface area (TPSA) is 71.5 Å². The van der Waals surface area contributed by atoms with Crippen LogP contribution in [-0.2, 0) is 20.1 Å². The van der Waals surface area contributed by atoms with Gasteiger partial charge in [0.25, 0.3) is 0 Å². The van der Waals surface area contributed by atoms with Gasteiger partial charge in [0.05, 0.1) is 13.1 Å². The predicted molar refractivity (Wildman–Crippen MR) is 76.1 cm³/mol. The lowest BCUT2D eigenvalue weighted by atomic mass is 10.4. The number of rotatable bonds is 4. The van der Waals surface area contributed by atoms with E-state index in [0.29, 0.717) is 18.3 Å².